The number of rotatable bonds is 4. The predicted octanol–water partition coefficient (Wildman–Crippen LogP) is 0.447. The number of nitrogen functional groups attached to an aromatic ring is 1. The second-order valence-corrected chi connectivity index (χ2v) is 3.48. The zero-order chi connectivity index (χ0) is 11.4. The summed E-state index contributed by atoms with van der Waals surface area (Å²) in [5.41, 5.74) is 6.49. The molecule has 2 rings (SSSR count). The Balaban J connectivity index is 1.82. The van der Waals surface area contributed by atoms with Gasteiger partial charge in [-0.25, -0.2) is 9.97 Å². The third-order valence-electron chi connectivity index (χ3n) is 2.13. The Labute approximate surface area is 93.5 Å². The summed E-state index contributed by atoms with van der Waals surface area (Å²) in [4.78, 5) is 8.03. The van der Waals surface area contributed by atoms with Gasteiger partial charge in [-0.3, -0.25) is 4.68 Å². The maximum atomic E-state index is 5.44. The van der Waals surface area contributed by atoms with Crippen molar-refractivity contribution in [3.8, 4) is 0 Å². The maximum absolute atomic E-state index is 5.44. The molecule has 2 heterocycles. The molecule has 0 aliphatic rings. The lowest BCUT2D eigenvalue weighted by Crippen LogP contribution is -2.07. The summed E-state index contributed by atoms with van der Waals surface area (Å²) in [7, 11) is 1.91. The van der Waals surface area contributed by atoms with Crippen molar-refractivity contribution in [2.75, 3.05) is 17.6 Å². The molecule has 0 aliphatic heterocycles. The van der Waals surface area contributed by atoms with Crippen molar-refractivity contribution in [3.63, 3.8) is 0 Å². The fourth-order valence-electron chi connectivity index (χ4n) is 1.34. The van der Waals surface area contributed by atoms with E-state index in [2.05, 4.69) is 20.4 Å². The zero-order valence-electron chi connectivity index (χ0n) is 9.09. The summed E-state index contributed by atoms with van der Waals surface area (Å²) < 4.78 is 1.79. The van der Waals surface area contributed by atoms with Gasteiger partial charge in [-0.05, 0) is 6.07 Å². The molecule has 0 amide bonds. The minimum Gasteiger partial charge on any atom is -0.382 e. The highest BCUT2D eigenvalue weighted by molar-refractivity contribution is 5.35. The smallest absolute Gasteiger partial charge is 0.144 e. The summed E-state index contributed by atoms with van der Waals surface area (Å²) in [6.07, 6.45) is 5.93. The van der Waals surface area contributed by atoms with Gasteiger partial charge in [-0.1, -0.05) is 0 Å². The molecular formula is C10H14N6. The fourth-order valence-corrected chi connectivity index (χ4v) is 1.34. The van der Waals surface area contributed by atoms with E-state index >= 15 is 0 Å². The Morgan fingerprint density at radius 3 is 2.88 bits per heavy atom. The molecule has 84 valence electrons. The molecule has 6 nitrogen and oxygen atoms in total. The predicted molar refractivity (Wildman–Crippen MR) is 61.8 cm³/mol. The van der Waals surface area contributed by atoms with Crippen LogP contribution in [0.3, 0.4) is 0 Å². The van der Waals surface area contributed by atoms with E-state index in [1.807, 2.05) is 19.3 Å². The van der Waals surface area contributed by atoms with Crippen LogP contribution in [0.2, 0.25) is 0 Å². The number of anilines is 2. The molecule has 0 spiro atoms. The molecule has 0 fully saturated rings. The number of nitrogens with one attached hydrogen (secondary N) is 1. The van der Waals surface area contributed by atoms with Gasteiger partial charge >= 0.3 is 0 Å². The minimum absolute atomic E-state index is 0.426. The summed E-state index contributed by atoms with van der Waals surface area (Å²) in [6, 6.07) is 2.00. The molecule has 16 heavy (non-hydrogen) atoms. The third kappa shape index (κ3) is 2.69. The van der Waals surface area contributed by atoms with Crippen LogP contribution in [0.15, 0.2) is 24.7 Å². The van der Waals surface area contributed by atoms with Crippen LogP contribution in [0.25, 0.3) is 0 Å². The van der Waals surface area contributed by atoms with Crippen LogP contribution in [0.1, 0.15) is 5.69 Å². The summed E-state index contributed by atoms with van der Waals surface area (Å²) in [5, 5.41) is 7.43. The van der Waals surface area contributed by atoms with Crippen LogP contribution >= 0.6 is 0 Å². The standard InChI is InChI=1S/C10H14N6/c1-16-5-3-8(15-16)2-4-12-10-7-13-9(11)6-14-10/h3,5-7H,2,4H2,1H3,(H2,11,13)(H,12,14). The maximum Gasteiger partial charge on any atom is 0.144 e. The number of aromatic nitrogens is 4. The van der Waals surface area contributed by atoms with Crippen molar-refractivity contribution >= 4 is 11.6 Å². The Kier molecular flexibility index (Phi) is 3.00. The first-order valence-corrected chi connectivity index (χ1v) is 5.04. The van der Waals surface area contributed by atoms with Gasteiger partial charge in [0, 0.05) is 26.2 Å². The van der Waals surface area contributed by atoms with E-state index in [1.54, 1.807) is 10.9 Å². The lowest BCUT2D eigenvalue weighted by atomic mass is 10.3. The van der Waals surface area contributed by atoms with E-state index in [-0.39, 0.29) is 0 Å². The van der Waals surface area contributed by atoms with Crippen molar-refractivity contribution in [2.45, 2.75) is 6.42 Å². The Morgan fingerprint density at radius 2 is 2.25 bits per heavy atom. The molecule has 0 saturated heterocycles. The second-order valence-electron chi connectivity index (χ2n) is 3.48. The number of hydrogen-bond acceptors (Lipinski definition) is 5. The number of aryl methyl sites for hydroxylation is 1. The van der Waals surface area contributed by atoms with E-state index in [0.717, 1.165) is 24.5 Å². The third-order valence-corrected chi connectivity index (χ3v) is 2.13. The van der Waals surface area contributed by atoms with Gasteiger partial charge < -0.3 is 11.1 Å². The van der Waals surface area contributed by atoms with Crippen LogP contribution in [0.5, 0.6) is 0 Å². The number of nitrogens with zero attached hydrogens (tertiary/aromatic N) is 4. The normalized spacial score (nSPS) is 10.3. The summed E-state index contributed by atoms with van der Waals surface area (Å²) in [5.74, 6) is 1.15. The molecule has 0 saturated carbocycles. The van der Waals surface area contributed by atoms with Gasteiger partial charge in [-0.2, -0.15) is 5.10 Å². The average Bonchev–Trinajstić information content (AvgIpc) is 2.67. The highest BCUT2D eigenvalue weighted by Gasteiger charge is 1.97. The van der Waals surface area contributed by atoms with E-state index in [9.17, 15) is 0 Å². The summed E-state index contributed by atoms with van der Waals surface area (Å²) in [6.45, 7) is 0.773. The number of nitrogens with two attached hydrogens (primary N) is 1. The molecule has 2 aromatic heterocycles. The van der Waals surface area contributed by atoms with Gasteiger partial charge in [0.15, 0.2) is 0 Å². The molecule has 2 aromatic rings. The molecule has 0 unspecified atom stereocenters. The van der Waals surface area contributed by atoms with Gasteiger partial charge in [-0.15, -0.1) is 0 Å². The van der Waals surface area contributed by atoms with Crippen LogP contribution in [-0.4, -0.2) is 26.3 Å². The van der Waals surface area contributed by atoms with Crippen molar-refractivity contribution in [2.24, 2.45) is 7.05 Å². The first kappa shape index (κ1) is 10.4. The van der Waals surface area contributed by atoms with E-state index in [0.29, 0.717) is 5.82 Å². The Bertz CT molecular complexity index is 447. The quantitative estimate of drug-likeness (QED) is 0.778. The number of hydrogen-bond donors (Lipinski definition) is 2. The zero-order valence-corrected chi connectivity index (χ0v) is 9.09. The Morgan fingerprint density at radius 1 is 1.38 bits per heavy atom. The lowest BCUT2D eigenvalue weighted by Gasteiger charge is -2.03. The van der Waals surface area contributed by atoms with E-state index < -0.39 is 0 Å². The molecule has 0 aliphatic carbocycles. The fraction of sp³-hybridized carbons (Fsp3) is 0.300. The highest BCUT2D eigenvalue weighted by Crippen LogP contribution is 2.02. The molecule has 0 atom stereocenters. The monoisotopic (exact) mass is 218 g/mol. The van der Waals surface area contributed by atoms with Gasteiger partial charge in [0.25, 0.3) is 0 Å². The minimum atomic E-state index is 0.426. The SMILES string of the molecule is Cn1ccc(CCNc2cnc(N)cn2)n1. The van der Waals surface area contributed by atoms with Crippen molar-refractivity contribution in [1.82, 2.24) is 19.7 Å². The largest absolute Gasteiger partial charge is 0.382 e. The summed E-state index contributed by atoms with van der Waals surface area (Å²) >= 11 is 0. The van der Waals surface area contributed by atoms with Gasteiger partial charge in [0.05, 0.1) is 18.1 Å². The molecule has 0 bridgehead atoms. The van der Waals surface area contributed by atoms with Gasteiger partial charge in [0.2, 0.25) is 0 Å². The Hall–Kier alpha value is -2.11. The lowest BCUT2D eigenvalue weighted by molar-refractivity contribution is 0.742. The van der Waals surface area contributed by atoms with E-state index in [4.69, 9.17) is 5.73 Å². The molecule has 0 aromatic carbocycles. The molecular weight excluding hydrogens is 204 g/mol. The van der Waals surface area contributed by atoms with Crippen molar-refractivity contribution in [3.05, 3.63) is 30.4 Å². The first-order chi connectivity index (χ1) is 7.74. The van der Waals surface area contributed by atoms with Crippen LogP contribution < -0.4 is 11.1 Å². The van der Waals surface area contributed by atoms with Crippen molar-refractivity contribution in [1.29, 1.82) is 0 Å². The second kappa shape index (κ2) is 4.61. The molecule has 6 heteroatoms. The van der Waals surface area contributed by atoms with E-state index in [1.165, 1.54) is 6.20 Å². The average molecular weight is 218 g/mol. The van der Waals surface area contributed by atoms with Crippen molar-refractivity contribution < 1.29 is 0 Å². The van der Waals surface area contributed by atoms with Crippen LogP contribution in [0, 0.1) is 0 Å². The van der Waals surface area contributed by atoms with Crippen LogP contribution in [0.4, 0.5) is 11.6 Å². The first-order valence-electron chi connectivity index (χ1n) is 5.04. The highest BCUT2D eigenvalue weighted by atomic mass is 15.2. The van der Waals surface area contributed by atoms with Gasteiger partial charge in [0.1, 0.15) is 11.6 Å². The molecule has 0 radical (unpaired) electrons. The topological polar surface area (TPSA) is 81.7 Å². The molecule has 3 N–H and O–H groups in total. The van der Waals surface area contributed by atoms with Crippen LogP contribution in [-0.2, 0) is 13.5 Å².